The van der Waals surface area contributed by atoms with E-state index in [1.165, 1.54) is 0 Å². The SMILES string of the molecule is O=C(NCc1cc(-c2ccco2)on1)N1CCOCC1. The van der Waals surface area contributed by atoms with Gasteiger partial charge < -0.3 is 23.9 Å². The first-order valence-electron chi connectivity index (χ1n) is 6.43. The maximum absolute atomic E-state index is 11.9. The fourth-order valence-electron chi connectivity index (χ4n) is 1.97. The summed E-state index contributed by atoms with van der Waals surface area (Å²) in [6.07, 6.45) is 1.57. The third kappa shape index (κ3) is 2.83. The number of furan rings is 1. The molecule has 7 heteroatoms. The Morgan fingerprint density at radius 3 is 2.95 bits per heavy atom. The third-order valence-electron chi connectivity index (χ3n) is 3.04. The molecule has 1 aliphatic rings. The van der Waals surface area contributed by atoms with Crippen LogP contribution in [0.25, 0.3) is 11.5 Å². The Kier molecular flexibility index (Phi) is 3.69. The summed E-state index contributed by atoms with van der Waals surface area (Å²) < 4.78 is 15.6. The smallest absolute Gasteiger partial charge is 0.317 e. The summed E-state index contributed by atoms with van der Waals surface area (Å²) in [7, 11) is 0. The minimum Gasteiger partial charge on any atom is -0.461 e. The summed E-state index contributed by atoms with van der Waals surface area (Å²) in [5, 5.41) is 6.70. The second-order valence-corrected chi connectivity index (χ2v) is 4.42. The van der Waals surface area contributed by atoms with Crippen LogP contribution in [0.15, 0.2) is 33.4 Å². The lowest BCUT2D eigenvalue weighted by molar-refractivity contribution is 0.0531. The van der Waals surface area contributed by atoms with Crippen LogP contribution in [0.1, 0.15) is 5.69 Å². The Hall–Kier alpha value is -2.28. The van der Waals surface area contributed by atoms with Crippen molar-refractivity contribution in [3.8, 4) is 11.5 Å². The highest BCUT2D eigenvalue weighted by molar-refractivity contribution is 5.74. The zero-order valence-electron chi connectivity index (χ0n) is 10.9. The van der Waals surface area contributed by atoms with E-state index in [-0.39, 0.29) is 6.03 Å². The molecule has 0 spiro atoms. The number of hydrogen-bond acceptors (Lipinski definition) is 5. The molecule has 1 N–H and O–H groups in total. The van der Waals surface area contributed by atoms with Gasteiger partial charge in [-0.3, -0.25) is 0 Å². The summed E-state index contributed by atoms with van der Waals surface area (Å²) in [6.45, 7) is 2.71. The second kappa shape index (κ2) is 5.79. The van der Waals surface area contributed by atoms with Crippen LogP contribution in [0, 0.1) is 0 Å². The van der Waals surface area contributed by atoms with Crippen LogP contribution in [0.2, 0.25) is 0 Å². The Balaban J connectivity index is 1.54. The lowest BCUT2D eigenvalue weighted by Crippen LogP contribution is -2.45. The van der Waals surface area contributed by atoms with Gasteiger partial charge in [0, 0.05) is 19.2 Å². The van der Waals surface area contributed by atoms with Gasteiger partial charge in [-0.25, -0.2) is 4.79 Å². The Morgan fingerprint density at radius 2 is 2.20 bits per heavy atom. The van der Waals surface area contributed by atoms with Gasteiger partial charge in [0.15, 0.2) is 5.76 Å². The Bertz CT molecular complexity index is 558. The van der Waals surface area contributed by atoms with Crippen LogP contribution in [0.5, 0.6) is 0 Å². The fraction of sp³-hybridized carbons (Fsp3) is 0.385. The Labute approximate surface area is 115 Å². The van der Waals surface area contributed by atoms with Crippen molar-refractivity contribution in [2.75, 3.05) is 26.3 Å². The number of urea groups is 1. The molecule has 7 nitrogen and oxygen atoms in total. The zero-order valence-corrected chi connectivity index (χ0v) is 10.9. The van der Waals surface area contributed by atoms with Crippen molar-refractivity contribution >= 4 is 6.03 Å². The molecule has 0 bridgehead atoms. The lowest BCUT2D eigenvalue weighted by atomic mass is 10.3. The first kappa shape index (κ1) is 12.7. The molecule has 0 aromatic carbocycles. The van der Waals surface area contributed by atoms with Crippen molar-refractivity contribution in [1.29, 1.82) is 0 Å². The average Bonchev–Trinajstić information content (AvgIpc) is 3.16. The van der Waals surface area contributed by atoms with E-state index < -0.39 is 0 Å². The molecular weight excluding hydrogens is 262 g/mol. The normalized spacial score (nSPS) is 15.3. The van der Waals surface area contributed by atoms with E-state index in [2.05, 4.69) is 10.5 Å². The maximum Gasteiger partial charge on any atom is 0.317 e. The topological polar surface area (TPSA) is 80.7 Å². The van der Waals surface area contributed by atoms with Crippen LogP contribution in [0.3, 0.4) is 0 Å². The highest BCUT2D eigenvalue weighted by Crippen LogP contribution is 2.20. The molecule has 1 saturated heterocycles. The molecule has 2 amide bonds. The molecule has 0 atom stereocenters. The quantitative estimate of drug-likeness (QED) is 0.919. The molecule has 0 saturated carbocycles. The van der Waals surface area contributed by atoms with Gasteiger partial charge in [-0.1, -0.05) is 5.16 Å². The number of ether oxygens (including phenoxy) is 1. The highest BCUT2D eigenvalue weighted by Gasteiger charge is 2.17. The summed E-state index contributed by atoms with van der Waals surface area (Å²) in [6, 6.07) is 5.20. The van der Waals surface area contributed by atoms with Gasteiger partial charge in [0.2, 0.25) is 5.76 Å². The fourth-order valence-corrected chi connectivity index (χ4v) is 1.97. The molecule has 106 valence electrons. The molecule has 0 unspecified atom stereocenters. The first-order chi connectivity index (χ1) is 9.83. The standard InChI is InChI=1S/C13H15N3O4/c17-13(16-3-6-18-7-4-16)14-9-10-8-12(20-15-10)11-2-1-5-19-11/h1-2,5,8H,3-4,6-7,9H2,(H,14,17). The van der Waals surface area contributed by atoms with Crippen molar-refractivity contribution < 1.29 is 18.5 Å². The van der Waals surface area contributed by atoms with Gasteiger partial charge in [0.25, 0.3) is 0 Å². The van der Waals surface area contributed by atoms with E-state index >= 15 is 0 Å². The van der Waals surface area contributed by atoms with Crippen LogP contribution in [-0.4, -0.2) is 42.4 Å². The highest BCUT2D eigenvalue weighted by atomic mass is 16.5. The van der Waals surface area contributed by atoms with Gasteiger partial charge in [-0.2, -0.15) is 0 Å². The third-order valence-corrected chi connectivity index (χ3v) is 3.04. The molecule has 3 rings (SSSR count). The average molecular weight is 277 g/mol. The number of morpholine rings is 1. The van der Waals surface area contributed by atoms with Gasteiger partial charge in [-0.05, 0) is 12.1 Å². The number of rotatable bonds is 3. The van der Waals surface area contributed by atoms with E-state index in [9.17, 15) is 4.79 Å². The monoisotopic (exact) mass is 277 g/mol. The summed E-state index contributed by atoms with van der Waals surface area (Å²) in [4.78, 5) is 13.6. The van der Waals surface area contributed by atoms with E-state index in [0.717, 1.165) is 0 Å². The minimum atomic E-state index is -0.115. The lowest BCUT2D eigenvalue weighted by Gasteiger charge is -2.26. The number of hydrogen-bond donors (Lipinski definition) is 1. The van der Waals surface area contributed by atoms with Gasteiger partial charge >= 0.3 is 6.03 Å². The number of amides is 2. The largest absolute Gasteiger partial charge is 0.461 e. The van der Waals surface area contributed by atoms with Crippen molar-refractivity contribution in [2.24, 2.45) is 0 Å². The van der Waals surface area contributed by atoms with Gasteiger partial charge in [-0.15, -0.1) is 0 Å². The molecule has 2 aromatic heterocycles. The Morgan fingerprint density at radius 1 is 1.35 bits per heavy atom. The number of nitrogens with one attached hydrogen (secondary N) is 1. The molecule has 0 radical (unpaired) electrons. The first-order valence-corrected chi connectivity index (χ1v) is 6.43. The number of nitrogens with zero attached hydrogens (tertiary/aromatic N) is 2. The van der Waals surface area contributed by atoms with Gasteiger partial charge in [0.1, 0.15) is 5.69 Å². The van der Waals surface area contributed by atoms with Crippen LogP contribution in [0.4, 0.5) is 4.79 Å². The second-order valence-electron chi connectivity index (χ2n) is 4.42. The molecule has 1 aliphatic heterocycles. The van der Waals surface area contributed by atoms with Gasteiger partial charge in [0.05, 0.1) is 26.0 Å². The van der Waals surface area contributed by atoms with E-state index in [0.29, 0.717) is 50.1 Å². The number of carbonyl (C=O) groups is 1. The van der Waals surface area contributed by atoms with E-state index in [1.807, 2.05) is 0 Å². The summed E-state index contributed by atoms with van der Waals surface area (Å²) in [5.74, 6) is 1.16. The molecule has 20 heavy (non-hydrogen) atoms. The van der Waals surface area contributed by atoms with E-state index in [1.54, 1.807) is 29.4 Å². The van der Waals surface area contributed by atoms with Crippen molar-refractivity contribution in [3.05, 3.63) is 30.2 Å². The van der Waals surface area contributed by atoms with Crippen molar-refractivity contribution in [2.45, 2.75) is 6.54 Å². The predicted molar refractivity (Wildman–Crippen MR) is 68.8 cm³/mol. The van der Waals surface area contributed by atoms with Crippen molar-refractivity contribution in [3.63, 3.8) is 0 Å². The molecule has 2 aromatic rings. The summed E-state index contributed by atoms with van der Waals surface area (Å²) in [5.41, 5.74) is 0.651. The van der Waals surface area contributed by atoms with Crippen LogP contribution < -0.4 is 5.32 Å². The van der Waals surface area contributed by atoms with E-state index in [4.69, 9.17) is 13.7 Å². The van der Waals surface area contributed by atoms with Crippen LogP contribution >= 0.6 is 0 Å². The van der Waals surface area contributed by atoms with Crippen molar-refractivity contribution in [1.82, 2.24) is 15.4 Å². The number of carbonyl (C=O) groups excluding carboxylic acids is 1. The molecule has 3 heterocycles. The zero-order chi connectivity index (χ0) is 13.8. The minimum absolute atomic E-state index is 0.115. The number of aromatic nitrogens is 1. The molecule has 0 aliphatic carbocycles. The van der Waals surface area contributed by atoms with Crippen LogP contribution in [-0.2, 0) is 11.3 Å². The maximum atomic E-state index is 11.9. The summed E-state index contributed by atoms with van der Waals surface area (Å²) >= 11 is 0. The molecule has 1 fully saturated rings. The molecular formula is C13H15N3O4. The predicted octanol–water partition coefficient (Wildman–Crippen LogP) is 1.48.